The molecule has 0 spiro atoms. The Morgan fingerprint density at radius 2 is 2.21 bits per heavy atom. The molecule has 0 radical (unpaired) electrons. The summed E-state index contributed by atoms with van der Waals surface area (Å²) in [6.07, 6.45) is 2.13. The van der Waals surface area contributed by atoms with Crippen LogP contribution in [0.4, 0.5) is 5.82 Å². The average molecular weight is 193 g/mol. The van der Waals surface area contributed by atoms with Crippen LogP contribution in [-0.4, -0.2) is 15.9 Å². The van der Waals surface area contributed by atoms with Crippen molar-refractivity contribution in [2.24, 2.45) is 5.84 Å². The number of nitrogens with zero attached hydrogens (tertiary/aromatic N) is 2. The Bertz CT molecular complexity index is 374. The minimum atomic E-state index is -0.444. The SMILES string of the molecule is NNC(=O)c1cc(N)nc(C2CC2)n1. The lowest BCUT2D eigenvalue weighted by Gasteiger charge is -2.03. The van der Waals surface area contributed by atoms with Crippen molar-refractivity contribution in [3.8, 4) is 0 Å². The highest BCUT2D eigenvalue weighted by atomic mass is 16.2. The van der Waals surface area contributed by atoms with Crippen molar-refractivity contribution in [2.75, 3.05) is 5.73 Å². The van der Waals surface area contributed by atoms with E-state index < -0.39 is 5.91 Å². The zero-order valence-corrected chi connectivity index (χ0v) is 7.53. The van der Waals surface area contributed by atoms with E-state index in [0.29, 0.717) is 17.6 Å². The van der Waals surface area contributed by atoms with E-state index in [1.165, 1.54) is 6.07 Å². The monoisotopic (exact) mass is 193 g/mol. The Hall–Kier alpha value is -1.69. The van der Waals surface area contributed by atoms with Gasteiger partial charge >= 0.3 is 0 Å². The summed E-state index contributed by atoms with van der Waals surface area (Å²) in [6, 6.07) is 1.41. The molecule has 1 aromatic rings. The maximum atomic E-state index is 11.2. The Morgan fingerprint density at radius 3 is 2.79 bits per heavy atom. The number of nitrogen functional groups attached to an aromatic ring is 2. The summed E-state index contributed by atoms with van der Waals surface area (Å²) in [5.74, 6) is 5.86. The molecule has 6 heteroatoms. The molecule has 1 amide bonds. The Balaban J connectivity index is 2.35. The lowest BCUT2D eigenvalue weighted by Crippen LogP contribution is -2.31. The maximum absolute atomic E-state index is 11.2. The van der Waals surface area contributed by atoms with Crippen molar-refractivity contribution in [3.05, 3.63) is 17.6 Å². The van der Waals surface area contributed by atoms with Crippen LogP contribution in [0, 0.1) is 0 Å². The largest absolute Gasteiger partial charge is 0.384 e. The molecule has 1 aliphatic carbocycles. The number of nitrogens with two attached hydrogens (primary N) is 2. The number of hydrogen-bond acceptors (Lipinski definition) is 5. The molecule has 1 fully saturated rings. The van der Waals surface area contributed by atoms with E-state index in [4.69, 9.17) is 11.6 Å². The van der Waals surface area contributed by atoms with Gasteiger partial charge < -0.3 is 5.73 Å². The normalized spacial score (nSPS) is 15.2. The van der Waals surface area contributed by atoms with Gasteiger partial charge in [-0.25, -0.2) is 15.8 Å². The van der Waals surface area contributed by atoms with Crippen molar-refractivity contribution in [1.29, 1.82) is 0 Å². The van der Waals surface area contributed by atoms with Gasteiger partial charge in [0.05, 0.1) is 0 Å². The quantitative estimate of drug-likeness (QED) is 0.334. The molecular weight excluding hydrogens is 182 g/mol. The standard InChI is InChI=1S/C8H11N5O/c9-6-3-5(8(14)13-10)11-7(12-6)4-1-2-4/h3-4H,1-2,10H2,(H,13,14)(H2,9,11,12). The predicted octanol–water partition coefficient (Wildman–Crippen LogP) is -0.460. The van der Waals surface area contributed by atoms with Gasteiger partial charge in [-0.15, -0.1) is 0 Å². The number of amides is 1. The summed E-state index contributed by atoms with van der Waals surface area (Å²) in [5.41, 5.74) is 7.78. The van der Waals surface area contributed by atoms with Crippen LogP contribution in [-0.2, 0) is 0 Å². The van der Waals surface area contributed by atoms with E-state index in [-0.39, 0.29) is 5.69 Å². The number of nitrogens with one attached hydrogen (secondary N) is 1. The molecule has 74 valence electrons. The molecule has 0 aliphatic heterocycles. The van der Waals surface area contributed by atoms with Crippen LogP contribution in [0.15, 0.2) is 6.07 Å². The minimum absolute atomic E-state index is 0.224. The van der Waals surface area contributed by atoms with E-state index in [0.717, 1.165) is 12.8 Å². The molecule has 2 rings (SSSR count). The van der Waals surface area contributed by atoms with E-state index in [9.17, 15) is 4.79 Å². The second-order valence-corrected chi connectivity index (χ2v) is 3.28. The molecule has 0 bridgehead atoms. The summed E-state index contributed by atoms with van der Waals surface area (Å²) in [4.78, 5) is 19.3. The molecular formula is C8H11N5O. The third-order valence-electron chi connectivity index (χ3n) is 2.07. The van der Waals surface area contributed by atoms with Crippen LogP contribution in [0.1, 0.15) is 35.1 Å². The summed E-state index contributed by atoms with van der Waals surface area (Å²) >= 11 is 0. The van der Waals surface area contributed by atoms with Gasteiger partial charge in [0.2, 0.25) is 0 Å². The third-order valence-corrected chi connectivity index (χ3v) is 2.07. The zero-order chi connectivity index (χ0) is 10.1. The van der Waals surface area contributed by atoms with Crippen molar-refractivity contribution in [2.45, 2.75) is 18.8 Å². The summed E-state index contributed by atoms with van der Waals surface area (Å²) in [5, 5.41) is 0. The van der Waals surface area contributed by atoms with Crippen LogP contribution in [0.5, 0.6) is 0 Å². The number of hydrazine groups is 1. The summed E-state index contributed by atoms with van der Waals surface area (Å²) < 4.78 is 0. The Kier molecular flexibility index (Phi) is 2.05. The number of carbonyl (C=O) groups is 1. The number of carbonyl (C=O) groups excluding carboxylic acids is 1. The molecule has 0 atom stereocenters. The first kappa shape index (κ1) is 8.89. The van der Waals surface area contributed by atoms with Crippen molar-refractivity contribution in [3.63, 3.8) is 0 Å². The smallest absolute Gasteiger partial charge is 0.283 e. The number of aromatic nitrogens is 2. The van der Waals surface area contributed by atoms with Gasteiger partial charge in [-0.2, -0.15) is 0 Å². The van der Waals surface area contributed by atoms with Gasteiger partial charge in [-0.05, 0) is 12.8 Å². The molecule has 6 nitrogen and oxygen atoms in total. The molecule has 1 saturated carbocycles. The van der Waals surface area contributed by atoms with Gasteiger partial charge in [0.25, 0.3) is 5.91 Å². The first-order valence-electron chi connectivity index (χ1n) is 4.36. The molecule has 0 aromatic carbocycles. The van der Waals surface area contributed by atoms with Gasteiger partial charge in [-0.1, -0.05) is 0 Å². The highest BCUT2D eigenvalue weighted by Gasteiger charge is 2.27. The minimum Gasteiger partial charge on any atom is -0.384 e. The van der Waals surface area contributed by atoms with Gasteiger partial charge in [0, 0.05) is 12.0 Å². The lowest BCUT2D eigenvalue weighted by atomic mass is 10.3. The third kappa shape index (κ3) is 1.64. The fraction of sp³-hybridized carbons (Fsp3) is 0.375. The van der Waals surface area contributed by atoms with Crippen molar-refractivity contribution < 1.29 is 4.79 Å². The molecule has 14 heavy (non-hydrogen) atoms. The van der Waals surface area contributed by atoms with Gasteiger partial charge in [0.1, 0.15) is 17.3 Å². The summed E-state index contributed by atoms with van der Waals surface area (Å²) in [7, 11) is 0. The fourth-order valence-corrected chi connectivity index (χ4v) is 1.20. The van der Waals surface area contributed by atoms with E-state index in [2.05, 4.69) is 9.97 Å². The first-order chi connectivity index (χ1) is 6.70. The molecule has 1 aromatic heterocycles. The average Bonchev–Trinajstić information content (AvgIpc) is 2.98. The molecule has 5 N–H and O–H groups in total. The number of hydrogen-bond donors (Lipinski definition) is 3. The van der Waals surface area contributed by atoms with E-state index in [1.807, 2.05) is 5.43 Å². The second-order valence-electron chi connectivity index (χ2n) is 3.28. The highest BCUT2D eigenvalue weighted by molar-refractivity contribution is 5.92. The van der Waals surface area contributed by atoms with Crippen molar-refractivity contribution >= 4 is 11.7 Å². The molecule has 1 heterocycles. The van der Waals surface area contributed by atoms with E-state index >= 15 is 0 Å². The second kappa shape index (κ2) is 3.22. The van der Waals surface area contributed by atoms with Crippen LogP contribution in [0.3, 0.4) is 0 Å². The molecule has 1 aliphatic rings. The lowest BCUT2D eigenvalue weighted by molar-refractivity contribution is 0.0948. The number of anilines is 1. The van der Waals surface area contributed by atoms with Crippen LogP contribution in [0.2, 0.25) is 0 Å². The maximum Gasteiger partial charge on any atom is 0.283 e. The fourth-order valence-electron chi connectivity index (χ4n) is 1.20. The van der Waals surface area contributed by atoms with Gasteiger partial charge in [-0.3, -0.25) is 10.2 Å². The Labute approximate surface area is 80.7 Å². The van der Waals surface area contributed by atoms with Crippen LogP contribution < -0.4 is 17.0 Å². The van der Waals surface area contributed by atoms with Crippen LogP contribution >= 0.6 is 0 Å². The number of rotatable bonds is 2. The zero-order valence-electron chi connectivity index (χ0n) is 7.53. The first-order valence-corrected chi connectivity index (χ1v) is 4.36. The Morgan fingerprint density at radius 1 is 1.50 bits per heavy atom. The molecule has 0 saturated heterocycles. The predicted molar refractivity (Wildman–Crippen MR) is 50.1 cm³/mol. The highest BCUT2D eigenvalue weighted by Crippen LogP contribution is 2.38. The topological polar surface area (TPSA) is 107 Å². The van der Waals surface area contributed by atoms with E-state index in [1.54, 1.807) is 0 Å². The van der Waals surface area contributed by atoms with Crippen molar-refractivity contribution in [1.82, 2.24) is 15.4 Å². The van der Waals surface area contributed by atoms with Gasteiger partial charge in [0.15, 0.2) is 0 Å². The molecule has 0 unspecified atom stereocenters. The summed E-state index contributed by atoms with van der Waals surface area (Å²) in [6.45, 7) is 0. The van der Waals surface area contributed by atoms with Crippen LogP contribution in [0.25, 0.3) is 0 Å².